The second-order valence-corrected chi connectivity index (χ2v) is 6.85. The second kappa shape index (κ2) is 7.52. The molecule has 2 atom stereocenters. The number of aromatic nitrogens is 1. The molecule has 2 aromatic rings. The van der Waals surface area contributed by atoms with Gasteiger partial charge >= 0.3 is 0 Å². The lowest BCUT2D eigenvalue weighted by Crippen LogP contribution is -2.57. The van der Waals surface area contributed by atoms with Crippen LogP contribution in [0.15, 0.2) is 29.1 Å². The summed E-state index contributed by atoms with van der Waals surface area (Å²) < 4.78 is 73.4. The molecule has 0 radical (unpaired) electrons. The van der Waals surface area contributed by atoms with Crippen molar-refractivity contribution in [1.29, 1.82) is 0 Å². The molecule has 0 unspecified atom stereocenters. The first-order chi connectivity index (χ1) is 16.3. The van der Waals surface area contributed by atoms with Gasteiger partial charge in [-0.2, -0.15) is 0 Å². The number of fused-ring (bicyclic) bond motifs is 2. The number of ether oxygens (including phenoxy) is 1. The lowest BCUT2D eigenvalue weighted by atomic mass is 10.1. The highest BCUT2D eigenvalue weighted by atomic mass is 19.1. The molecule has 0 spiro atoms. The minimum absolute atomic E-state index is 0.0414. The van der Waals surface area contributed by atoms with Crippen LogP contribution < -0.4 is 10.7 Å². The Morgan fingerprint density at radius 1 is 1.43 bits per heavy atom. The zero-order valence-electron chi connectivity index (χ0n) is 20.6. The van der Waals surface area contributed by atoms with E-state index in [1.165, 1.54) is 4.90 Å². The number of aromatic hydroxyl groups is 1. The van der Waals surface area contributed by atoms with Gasteiger partial charge in [0.1, 0.15) is 17.2 Å². The summed E-state index contributed by atoms with van der Waals surface area (Å²) in [7, 11) is 0. The maximum absolute atomic E-state index is 14.5. The van der Waals surface area contributed by atoms with Gasteiger partial charge in [0, 0.05) is 30.3 Å². The summed E-state index contributed by atoms with van der Waals surface area (Å²) in [6.45, 7) is -1.16. The molecule has 2 aliphatic rings. The molecule has 1 saturated heterocycles. The van der Waals surface area contributed by atoms with Gasteiger partial charge in [0.15, 0.2) is 17.7 Å². The monoisotopic (exact) mass is 425 g/mol. The number of halogens is 2. The number of nitrogens with zero attached hydrogens (tertiary/aromatic N) is 2. The normalized spacial score (nSPS) is 23.4. The number of carbonyl (C=O) groups excluding carboxylic acids is 2. The number of nitrogens with one attached hydrogen (secondary N) is 1. The standard InChI is InChI=1S/C20H19F2N3O5/c1-10-4-5-30-15-9-24-8-13(17(26)18(27)16(24)20(29)25(10)15)19(28)23-7-11-2-3-12(21)6-14(11)22/h2-3,6,8,10,15,27H,4-5,7,9H2,1H3,(H,23,28)/t10-,15+/m1/s1/i2D,3D,6D,7+1D2. The van der Waals surface area contributed by atoms with E-state index in [9.17, 15) is 28.3 Å². The lowest BCUT2D eigenvalue weighted by molar-refractivity contribution is -0.112. The minimum Gasteiger partial charge on any atom is -0.503 e. The average Bonchev–Trinajstić information content (AvgIpc) is 2.78. The van der Waals surface area contributed by atoms with Crippen LogP contribution in [0.25, 0.3) is 0 Å². The maximum Gasteiger partial charge on any atom is 0.276 e. The van der Waals surface area contributed by atoms with E-state index < -0.39 is 76.6 Å². The summed E-state index contributed by atoms with van der Waals surface area (Å²) in [4.78, 5) is 39.8. The molecule has 30 heavy (non-hydrogen) atoms. The number of rotatable bonds is 3. The SMILES string of the molecule is [2H]c1c([2H])c([13C]([2H])([2H])NC(=O)c2cn3c(c(O)c2=O)C(=O)N2[C@H](C)CCO[C@H]2C3)c(F)c([2H])c1F. The van der Waals surface area contributed by atoms with Gasteiger partial charge in [-0.1, -0.05) is 6.04 Å². The van der Waals surface area contributed by atoms with Crippen molar-refractivity contribution in [1.82, 2.24) is 14.8 Å². The molecule has 1 fully saturated rings. The first-order valence-electron chi connectivity index (χ1n) is 11.5. The van der Waals surface area contributed by atoms with Crippen molar-refractivity contribution < 1.29 is 35.1 Å². The zero-order valence-corrected chi connectivity index (χ0v) is 15.6. The minimum atomic E-state index is -3.26. The van der Waals surface area contributed by atoms with Crippen LogP contribution in [0.5, 0.6) is 5.75 Å². The molecule has 1 aromatic heterocycles. The van der Waals surface area contributed by atoms with Crippen LogP contribution in [0.1, 0.15) is 46.6 Å². The fraction of sp³-hybridized carbons (Fsp3) is 0.350. The summed E-state index contributed by atoms with van der Waals surface area (Å²) in [5.41, 5.74) is -3.75. The Bertz CT molecular complexity index is 1310. The Kier molecular flexibility index (Phi) is 3.68. The van der Waals surface area contributed by atoms with Gasteiger partial charge in [-0.3, -0.25) is 14.4 Å². The molecule has 2 amide bonds. The van der Waals surface area contributed by atoms with Gasteiger partial charge in [-0.15, -0.1) is 0 Å². The molecular formula is C20H19F2N3O5. The Morgan fingerprint density at radius 3 is 2.97 bits per heavy atom. The molecular weight excluding hydrogens is 401 g/mol. The Morgan fingerprint density at radius 2 is 2.20 bits per heavy atom. The van der Waals surface area contributed by atoms with Gasteiger partial charge in [-0.05, 0) is 19.4 Å². The third-order valence-corrected chi connectivity index (χ3v) is 4.96. The van der Waals surface area contributed by atoms with E-state index >= 15 is 0 Å². The second-order valence-electron chi connectivity index (χ2n) is 6.85. The van der Waals surface area contributed by atoms with Crippen LogP contribution in [0, 0.1) is 11.6 Å². The van der Waals surface area contributed by atoms with Gasteiger partial charge in [0.05, 0.1) is 20.0 Å². The van der Waals surface area contributed by atoms with E-state index in [-0.39, 0.29) is 18.3 Å². The summed E-state index contributed by atoms with van der Waals surface area (Å²) in [5.74, 6) is -6.65. The smallest absolute Gasteiger partial charge is 0.276 e. The zero-order chi connectivity index (χ0) is 26.0. The van der Waals surface area contributed by atoms with E-state index in [0.717, 1.165) is 10.8 Å². The molecule has 8 nitrogen and oxygen atoms in total. The van der Waals surface area contributed by atoms with Crippen molar-refractivity contribution >= 4 is 11.8 Å². The Labute approximate surface area is 176 Å². The van der Waals surface area contributed by atoms with Crippen LogP contribution in [-0.2, 0) is 17.8 Å². The van der Waals surface area contributed by atoms with E-state index in [4.69, 9.17) is 11.6 Å². The van der Waals surface area contributed by atoms with E-state index in [1.807, 2.05) is 0 Å². The molecule has 1 aromatic carbocycles. The highest BCUT2D eigenvalue weighted by molar-refractivity contribution is 5.99. The number of carbonyl (C=O) groups is 2. The van der Waals surface area contributed by atoms with Crippen LogP contribution in [0.4, 0.5) is 8.78 Å². The summed E-state index contributed by atoms with van der Waals surface area (Å²) >= 11 is 0. The number of pyridine rings is 1. The van der Waals surface area contributed by atoms with Crippen molar-refractivity contribution in [3.05, 3.63) is 63.0 Å². The summed E-state index contributed by atoms with van der Waals surface area (Å²) in [5, 5.41) is 12.1. The maximum atomic E-state index is 14.5. The number of benzene rings is 1. The van der Waals surface area contributed by atoms with Crippen molar-refractivity contribution in [3.63, 3.8) is 0 Å². The molecule has 2 N–H and O–H groups in total. The molecule has 2 aliphatic heterocycles. The molecule has 0 saturated carbocycles. The first kappa shape index (κ1) is 14.7. The molecule has 158 valence electrons. The Hall–Kier alpha value is -3.27. The Balaban J connectivity index is 1.74. The third-order valence-electron chi connectivity index (χ3n) is 4.96. The summed E-state index contributed by atoms with van der Waals surface area (Å²) in [6, 6.07) is -4.18. The lowest BCUT2D eigenvalue weighted by Gasteiger charge is -2.44. The molecule has 0 bridgehead atoms. The number of hydrogen-bond acceptors (Lipinski definition) is 5. The topological polar surface area (TPSA) is 101 Å². The predicted octanol–water partition coefficient (Wildman–Crippen LogP) is 1.35. The molecule has 4 rings (SSSR count). The quantitative estimate of drug-likeness (QED) is 0.724. The number of hydrogen-bond donors (Lipinski definition) is 2. The third kappa shape index (κ3) is 3.32. The number of amides is 2. The predicted molar refractivity (Wildman–Crippen MR) is 99.9 cm³/mol. The van der Waals surface area contributed by atoms with Crippen molar-refractivity contribution in [2.45, 2.75) is 38.7 Å². The van der Waals surface area contributed by atoms with Gasteiger partial charge < -0.3 is 24.6 Å². The van der Waals surface area contributed by atoms with E-state index in [0.29, 0.717) is 13.0 Å². The average molecular weight is 425 g/mol. The van der Waals surface area contributed by atoms with Gasteiger partial charge in [-0.25, -0.2) is 8.78 Å². The van der Waals surface area contributed by atoms with Gasteiger partial charge in [0.25, 0.3) is 11.8 Å². The van der Waals surface area contributed by atoms with Gasteiger partial charge in [0.2, 0.25) is 5.43 Å². The fourth-order valence-electron chi connectivity index (χ4n) is 3.46. The van der Waals surface area contributed by atoms with E-state index in [2.05, 4.69) is 0 Å². The highest BCUT2D eigenvalue weighted by Gasteiger charge is 2.41. The van der Waals surface area contributed by atoms with Crippen LogP contribution in [0.2, 0.25) is 0 Å². The van der Waals surface area contributed by atoms with Crippen LogP contribution in [-0.4, -0.2) is 45.3 Å². The molecule has 0 aliphatic carbocycles. The van der Waals surface area contributed by atoms with Crippen molar-refractivity contribution in [3.8, 4) is 5.75 Å². The van der Waals surface area contributed by atoms with E-state index in [1.54, 1.807) is 12.2 Å². The van der Waals surface area contributed by atoms with Crippen molar-refractivity contribution in [2.75, 3.05) is 6.61 Å². The van der Waals surface area contributed by atoms with Crippen LogP contribution in [0.3, 0.4) is 0 Å². The fourth-order valence-corrected chi connectivity index (χ4v) is 3.46. The first-order valence-corrected chi connectivity index (χ1v) is 8.96. The highest BCUT2D eigenvalue weighted by Crippen LogP contribution is 2.29. The molecule has 3 heterocycles. The summed E-state index contributed by atoms with van der Waals surface area (Å²) in [6.07, 6.45) is 0.740. The van der Waals surface area contributed by atoms with Crippen LogP contribution >= 0.6 is 0 Å². The molecule has 10 heteroatoms. The largest absolute Gasteiger partial charge is 0.503 e. The van der Waals surface area contributed by atoms with Crippen molar-refractivity contribution in [2.24, 2.45) is 0 Å².